The first kappa shape index (κ1) is 41.6. The van der Waals surface area contributed by atoms with E-state index in [0.717, 1.165) is 43.4 Å². The first-order valence-corrected chi connectivity index (χ1v) is 21.0. The summed E-state index contributed by atoms with van der Waals surface area (Å²) in [6.07, 6.45) is 14.5. The van der Waals surface area contributed by atoms with Crippen molar-refractivity contribution in [3.05, 3.63) is 108 Å². The number of para-hydroxylation sites is 1. The second-order valence-electron chi connectivity index (χ2n) is 17.2. The molecule has 4 aromatic carbocycles. The second kappa shape index (κ2) is 17.6. The van der Waals surface area contributed by atoms with Crippen LogP contribution < -0.4 is 0 Å². The van der Waals surface area contributed by atoms with Crippen molar-refractivity contribution >= 4 is 54.7 Å². The summed E-state index contributed by atoms with van der Waals surface area (Å²) in [7, 11) is 0. The molecule has 5 heteroatoms. The number of benzene rings is 4. The molecule has 0 spiro atoms. The van der Waals surface area contributed by atoms with E-state index in [9.17, 15) is 9.90 Å². The monoisotopic (exact) mass is 924 g/mol. The molecule has 1 radical (unpaired) electrons. The van der Waals surface area contributed by atoms with Crippen LogP contribution in [0.2, 0.25) is 0 Å². The number of carbonyl (C=O) groups is 1. The summed E-state index contributed by atoms with van der Waals surface area (Å²) in [5.74, 6) is 1.16. The van der Waals surface area contributed by atoms with Gasteiger partial charge in [0.25, 0.3) is 0 Å². The SMILES string of the molecule is CC(C)(C)Cc1ccc2c3ccnc(-c4[c-]c5ccccc5c(C5CCCCC5)c4)c3n3c4ccccc4c1c23.CCC(CC)C(=O)/C=C(\O)C(CC)CC.[Ir]. The molecule has 1 N–H and O–H groups in total. The number of aromatic nitrogens is 2. The number of fused-ring (bicyclic) bond motifs is 7. The largest absolute Gasteiger partial charge is 0.512 e. The first-order valence-electron chi connectivity index (χ1n) is 21.0. The van der Waals surface area contributed by atoms with Crippen LogP contribution in [0, 0.1) is 23.3 Å². The summed E-state index contributed by atoms with van der Waals surface area (Å²) in [4.78, 5) is 16.8. The molecule has 1 aliphatic rings. The van der Waals surface area contributed by atoms with E-state index in [1.807, 2.05) is 33.9 Å². The Labute approximate surface area is 347 Å². The second-order valence-corrected chi connectivity index (χ2v) is 17.2. The van der Waals surface area contributed by atoms with Gasteiger partial charge in [0.1, 0.15) is 0 Å². The zero-order valence-electron chi connectivity index (χ0n) is 34.5. The average molecular weight is 924 g/mol. The van der Waals surface area contributed by atoms with Crippen molar-refractivity contribution in [2.24, 2.45) is 17.3 Å². The molecule has 0 saturated heterocycles. The Hall–Kier alpha value is -4.05. The Morgan fingerprint density at radius 1 is 0.821 bits per heavy atom. The topological polar surface area (TPSA) is 54.6 Å². The third kappa shape index (κ3) is 8.05. The van der Waals surface area contributed by atoms with Crippen molar-refractivity contribution in [1.82, 2.24) is 9.38 Å². The predicted molar refractivity (Wildman–Crippen MR) is 234 cm³/mol. The third-order valence-corrected chi connectivity index (χ3v) is 12.3. The number of aliphatic hydroxyl groups excluding tert-OH is 1. The Bertz CT molecular complexity index is 2470. The maximum absolute atomic E-state index is 11.7. The molecule has 3 heterocycles. The van der Waals surface area contributed by atoms with Crippen molar-refractivity contribution in [3.63, 3.8) is 0 Å². The molecule has 0 unspecified atom stereocenters. The van der Waals surface area contributed by atoms with E-state index in [1.54, 1.807) is 0 Å². The fraction of sp³-hybridized carbons (Fsp3) is 0.412. The molecule has 295 valence electrons. The van der Waals surface area contributed by atoms with Gasteiger partial charge in [-0.05, 0) is 74.0 Å². The molecule has 1 fully saturated rings. The van der Waals surface area contributed by atoms with Gasteiger partial charge in [0.05, 0.1) is 16.8 Å². The normalized spacial score (nSPS) is 14.3. The molecular formula is C51H59IrN2O2-. The number of rotatable bonds is 10. The molecule has 0 amide bonds. The number of aliphatic hydroxyl groups is 1. The molecule has 1 saturated carbocycles. The summed E-state index contributed by atoms with van der Waals surface area (Å²) in [5.41, 5.74) is 9.08. The van der Waals surface area contributed by atoms with E-state index < -0.39 is 0 Å². The Kier molecular flexibility index (Phi) is 13.1. The zero-order valence-corrected chi connectivity index (χ0v) is 36.9. The van der Waals surface area contributed by atoms with Crippen molar-refractivity contribution in [2.75, 3.05) is 0 Å². The van der Waals surface area contributed by atoms with Crippen molar-refractivity contribution in [3.8, 4) is 11.3 Å². The standard InChI is InChI=1S/C38H35N2.C13H24O2.Ir/c1-38(2,3)23-26-17-18-29-30-19-20-39-35(37(30)40-33-16-10-9-15-31(33)34(26)36(29)40)27-21-25-13-7-8-14-28(25)32(22-27)24-11-5-4-6-12-24;1-5-10(6-2)12(14)9-13(15)11(7-3)8-4;/h7-10,13-20,22,24H,4-6,11-12,23H2,1-3H3;9-11,14H,5-8H2,1-4H3;/q-1;;/b;12-9-;. The first-order chi connectivity index (χ1) is 26.6. The van der Waals surface area contributed by atoms with Crippen LogP contribution in [0.25, 0.3) is 60.1 Å². The maximum Gasteiger partial charge on any atom is 0.162 e. The summed E-state index contributed by atoms with van der Waals surface area (Å²) in [6, 6.07) is 31.0. The van der Waals surface area contributed by atoms with Gasteiger partial charge in [-0.3, -0.25) is 9.78 Å². The third-order valence-electron chi connectivity index (χ3n) is 12.3. The molecule has 4 nitrogen and oxygen atoms in total. The Balaban J connectivity index is 0.000000286. The number of pyridine rings is 1. The molecule has 7 aromatic rings. The molecule has 1 aliphatic carbocycles. The van der Waals surface area contributed by atoms with Crippen molar-refractivity contribution in [1.29, 1.82) is 0 Å². The molecule has 0 atom stereocenters. The fourth-order valence-corrected chi connectivity index (χ4v) is 9.35. The number of carbonyl (C=O) groups excluding carboxylic acids is 1. The average Bonchev–Trinajstić information content (AvgIpc) is 3.71. The van der Waals surface area contributed by atoms with Gasteiger partial charge in [-0.25, -0.2) is 0 Å². The number of hydrogen-bond donors (Lipinski definition) is 1. The van der Waals surface area contributed by atoms with E-state index >= 15 is 0 Å². The van der Waals surface area contributed by atoms with Gasteiger partial charge in [-0.2, -0.15) is 0 Å². The minimum absolute atomic E-state index is 0. The van der Waals surface area contributed by atoms with Gasteiger partial charge in [-0.15, -0.1) is 29.1 Å². The van der Waals surface area contributed by atoms with Gasteiger partial charge in [-0.1, -0.05) is 127 Å². The summed E-state index contributed by atoms with van der Waals surface area (Å²) in [5, 5.41) is 17.6. The maximum atomic E-state index is 11.7. The predicted octanol–water partition coefficient (Wildman–Crippen LogP) is 14.4. The van der Waals surface area contributed by atoms with Crippen LogP contribution in [0.15, 0.2) is 90.8 Å². The van der Waals surface area contributed by atoms with Crippen LogP contribution in [0.1, 0.15) is 123 Å². The van der Waals surface area contributed by atoms with Crippen molar-refractivity contribution in [2.45, 2.75) is 119 Å². The van der Waals surface area contributed by atoms with Gasteiger partial charge < -0.3 is 9.51 Å². The van der Waals surface area contributed by atoms with E-state index in [0.29, 0.717) is 5.92 Å². The summed E-state index contributed by atoms with van der Waals surface area (Å²) in [6.45, 7) is 15.1. The quantitative estimate of drug-likeness (QED) is 0.0845. The number of hydrogen-bond acceptors (Lipinski definition) is 3. The van der Waals surface area contributed by atoms with Crippen LogP contribution in [-0.2, 0) is 31.3 Å². The molecule has 56 heavy (non-hydrogen) atoms. The minimum Gasteiger partial charge on any atom is -0.512 e. The van der Waals surface area contributed by atoms with Crippen LogP contribution in [0.4, 0.5) is 0 Å². The Morgan fingerprint density at radius 2 is 1.46 bits per heavy atom. The number of ketones is 1. The fourth-order valence-electron chi connectivity index (χ4n) is 9.35. The smallest absolute Gasteiger partial charge is 0.162 e. The van der Waals surface area contributed by atoms with Crippen LogP contribution in [-0.4, -0.2) is 20.3 Å². The van der Waals surface area contributed by atoms with Gasteiger partial charge >= 0.3 is 0 Å². The number of allylic oxidation sites excluding steroid dienone is 2. The molecule has 0 aliphatic heterocycles. The van der Waals surface area contributed by atoms with E-state index in [1.165, 1.54) is 98.2 Å². The van der Waals surface area contributed by atoms with Crippen molar-refractivity contribution < 1.29 is 30.0 Å². The summed E-state index contributed by atoms with van der Waals surface area (Å²) < 4.78 is 2.51. The van der Waals surface area contributed by atoms with Crippen LogP contribution >= 0.6 is 0 Å². The molecule has 8 rings (SSSR count). The van der Waals surface area contributed by atoms with Gasteiger partial charge in [0, 0.05) is 77.0 Å². The van der Waals surface area contributed by atoms with E-state index in [4.69, 9.17) is 4.98 Å². The summed E-state index contributed by atoms with van der Waals surface area (Å²) >= 11 is 0. The van der Waals surface area contributed by atoms with E-state index in [-0.39, 0.29) is 48.9 Å². The minimum atomic E-state index is 0. The van der Waals surface area contributed by atoms with E-state index in [2.05, 4.69) is 104 Å². The Morgan fingerprint density at radius 3 is 2.14 bits per heavy atom. The molecule has 0 bridgehead atoms. The molecule has 3 aromatic heterocycles. The number of nitrogens with zero attached hydrogens (tertiary/aromatic N) is 2. The van der Waals surface area contributed by atoms with Crippen LogP contribution in [0.5, 0.6) is 0 Å². The van der Waals surface area contributed by atoms with Gasteiger partial charge in [0.15, 0.2) is 5.78 Å². The van der Waals surface area contributed by atoms with Crippen LogP contribution in [0.3, 0.4) is 0 Å². The molecular weight excluding hydrogens is 865 g/mol. The zero-order chi connectivity index (χ0) is 38.9. The van der Waals surface area contributed by atoms with Gasteiger partial charge in [0.2, 0.25) is 0 Å².